The molecule has 1 saturated heterocycles. The predicted octanol–water partition coefficient (Wildman–Crippen LogP) is 3.55. The van der Waals surface area contributed by atoms with Crippen LogP contribution in [0.3, 0.4) is 0 Å². The van der Waals surface area contributed by atoms with Gasteiger partial charge in [-0.25, -0.2) is 0 Å². The Morgan fingerprint density at radius 1 is 1.28 bits per heavy atom. The molecule has 0 aliphatic carbocycles. The Morgan fingerprint density at radius 3 is 2.84 bits per heavy atom. The van der Waals surface area contributed by atoms with E-state index in [-0.39, 0.29) is 16.8 Å². The number of nitrogens with one attached hydrogen (secondary N) is 1. The third-order valence-corrected chi connectivity index (χ3v) is 5.57. The van der Waals surface area contributed by atoms with Crippen LogP contribution in [0.4, 0.5) is 11.6 Å². The zero-order chi connectivity index (χ0) is 17.2. The molecule has 1 aliphatic heterocycles. The molecule has 1 atom stereocenters. The molecular formula is C17H19N5O2S. The Labute approximate surface area is 149 Å². The number of hydrogen-bond acceptors (Lipinski definition) is 6. The molecule has 0 saturated carbocycles. The van der Waals surface area contributed by atoms with E-state index in [9.17, 15) is 10.1 Å². The predicted molar refractivity (Wildman–Crippen MR) is 98.2 cm³/mol. The van der Waals surface area contributed by atoms with Crippen LogP contribution in [0.2, 0.25) is 0 Å². The van der Waals surface area contributed by atoms with Gasteiger partial charge in [-0.15, -0.1) is 11.3 Å². The number of nitro groups is 1. The maximum absolute atomic E-state index is 11.5. The van der Waals surface area contributed by atoms with Crippen LogP contribution in [0.5, 0.6) is 0 Å². The summed E-state index contributed by atoms with van der Waals surface area (Å²) in [6.07, 6.45) is 4.08. The number of hydrogen-bond donors (Lipinski definition) is 1. The Morgan fingerprint density at radius 2 is 2.12 bits per heavy atom. The topological polar surface area (TPSA) is 75.7 Å². The van der Waals surface area contributed by atoms with E-state index in [4.69, 9.17) is 0 Å². The smallest absolute Gasteiger partial charge is 0.361 e. The Balaban J connectivity index is 1.61. The minimum absolute atomic E-state index is 0.0121. The van der Waals surface area contributed by atoms with Gasteiger partial charge in [0.15, 0.2) is 0 Å². The summed E-state index contributed by atoms with van der Waals surface area (Å²) in [5.74, 6) is 0.318. The van der Waals surface area contributed by atoms with E-state index < -0.39 is 0 Å². The molecule has 8 heteroatoms. The largest absolute Gasteiger partial charge is 0.372 e. The highest BCUT2D eigenvalue weighted by atomic mass is 32.1. The van der Waals surface area contributed by atoms with Crippen molar-refractivity contribution >= 4 is 28.6 Å². The highest BCUT2D eigenvalue weighted by molar-refractivity contribution is 7.10. The fraction of sp³-hybridized carbons (Fsp3) is 0.353. The zero-order valence-electron chi connectivity index (χ0n) is 13.7. The summed E-state index contributed by atoms with van der Waals surface area (Å²) >= 11 is 1.73. The highest BCUT2D eigenvalue weighted by Crippen LogP contribution is 2.31. The van der Waals surface area contributed by atoms with Gasteiger partial charge in [0, 0.05) is 17.5 Å². The first-order valence-corrected chi connectivity index (χ1v) is 9.25. The third kappa shape index (κ3) is 3.10. The van der Waals surface area contributed by atoms with Crippen LogP contribution < -0.4 is 5.32 Å². The maximum Gasteiger partial charge on any atom is 0.372 e. The molecule has 1 unspecified atom stereocenters. The SMILES string of the molecule is O=[N+]([O-])c1c(NCC(c2cccs2)N2CCCC2)nc2ccccn12. The first kappa shape index (κ1) is 16.0. The Bertz CT molecular complexity index is 870. The number of imidazole rings is 1. The van der Waals surface area contributed by atoms with E-state index >= 15 is 0 Å². The molecule has 0 spiro atoms. The molecule has 4 heterocycles. The average molecular weight is 357 g/mol. The van der Waals surface area contributed by atoms with Crippen molar-refractivity contribution in [2.45, 2.75) is 18.9 Å². The van der Waals surface area contributed by atoms with E-state index in [0.717, 1.165) is 13.1 Å². The van der Waals surface area contributed by atoms with Crippen LogP contribution in [-0.2, 0) is 0 Å². The maximum atomic E-state index is 11.5. The Hall–Kier alpha value is -2.45. The molecule has 3 aromatic heterocycles. The van der Waals surface area contributed by atoms with Crippen LogP contribution in [-0.4, -0.2) is 38.8 Å². The molecule has 0 aromatic carbocycles. The minimum Gasteiger partial charge on any atom is -0.361 e. The van der Waals surface area contributed by atoms with E-state index in [1.54, 1.807) is 29.7 Å². The van der Waals surface area contributed by atoms with Gasteiger partial charge in [0.25, 0.3) is 0 Å². The molecular weight excluding hydrogens is 338 g/mol. The van der Waals surface area contributed by atoms with Crippen molar-refractivity contribution in [1.82, 2.24) is 14.3 Å². The number of pyridine rings is 1. The number of anilines is 1. The van der Waals surface area contributed by atoms with Gasteiger partial charge < -0.3 is 15.4 Å². The van der Waals surface area contributed by atoms with Crippen molar-refractivity contribution in [1.29, 1.82) is 0 Å². The normalized spacial score (nSPS) is 16.3. The summed E-state index contributed by atoms with van der Waals surface area (Å²) in [6, 6.07) is 9.77. The molecule has 0 bridgehead atoms. The zero-order valence-corrected chi connectivity index (χ0v) is 14.5. The molecule has 1 N–H and O–H groups in total. The van der Waals surface area contributed by atoms with Gasteiger partial charge in [-0.1, -0.05) is 12.1 Å². The number of thiophene rings is 1. The summed E-state index contributed by atoms with van der Waals surface area (Å²) < 4.78 is 1.51. The lowest BCUT2D eigenvalue weighted by Gasteiger charge is -2.26. The summed E-state index contributed by atoms with van der Waals surface area (Å²) in [6.45, 7) is 2.74. The molecule has 0 radical (unpaired) electrons. The molecule has 1 aliphatic rings. The van der Waals surface area contributed by atoms with Crippen molar-refractivity contribution in [2.24, 2.45) is 0 Å². The van der Waals surface area contributed by atoms with Crippen molar-refractivity contribution < 1.29 is 4.92 Å². The van der Waals surface area contributed by atoms with Crippen LogP contribution in [0, 0.1) is 10.1 Å². The van der Waals surface area contributed by atoms with E-state index in [1.807, 2.05) is 6.07 Å². The van der Waals surface area contributed by atoms with Crippen LogP contribution in [0.25, 0.3) is 5.65 Å². The lowest BCUT2D eigenvalue weighted by atomic mass is 10.2. The monoisotopic (exact) mass is 357 g/mol. The molecule has 4 rings (SSSR count). The fourth-order valence-corrected chi connectivity index (χ4v) is 4.27. The van der Waals surface area contributed by atoms with Gasteiger partial charge in [0.05, 0.1) is 12.2 Å². The summed E-state index contributed by atoms with van der Waals surface area (Å²) in [5, 5.41) is 16.8. The van der Waals surface area contributed by atoms with Crippen molar-refractivity contribution in [3.63, 3.8) is 0 Å². The number of rotatable bonds is 6. The van der Waals surface area contributed by atoms with Crippen LogP contribution in [0.1, 0.15) is 23.8 Å². The first-order chi connectivity index (χ1) is 12.2. The van der Waals surface area contributed by atoms with Gasteiger partial charge in [-0.05, 0) is 48.4 Å². The molecule has 1 fully saturated rings. The Kier molecular flexibility index (Phi) is 4.37. The number of aromatic nitrogens is 2. The lowest BCUT2D eigenvalue weighted by Crippen LogP contribution is -2.30. The molecule has 0 amide bonds. The van der Waals surface area contributed by atoms with Gasteiger partial charge in [0.1, 0.15) is 0 Å². The van der Waals surface area contributed by atoms with E-state index in [1.165, 1.54) is 22.1 Å². The fourth-order valence-electron chi connectivity index (χ4n) is 3.41. The number of likely N-dealkylation sites (tertiary alicyclic amines) is 1. The van der Waals surface area contributed by atoms with Gasteiger partial charge in [-0.2, -0.15) is 9.38 Å². The van der Waals surface area contributed by atoms with Crippen molar-refractivity contribution in [2.75, 3.05) is 25.0 Å². The van der Waals surface area contributed by atoms with Crippen molar-refractivity contribution in [3.05, 3.63) is 56.9 Å². The molecule has 7 nitrogen and oxygen atoms in total. The van der Waals surface area contributed by atoms with E-state index in [0.29, 0.717) is 18.0 Å². The van der Waals surface area contributed by atoms with E-state index in [2.05, 4.69) is 32.7 Å². The summed E-state index contributed by atoms with van der Waals surface area (Å²) in [7, 11) is 0. The highest BCUT2D eigenvalue weighted by Gasteiger charge is 2.27. The minimum atomic E-state index is -0.377. The third-order valence-electron chi connectivity index (χ3n) is 4.59. The molecule has 3 aromatic rings. The standard InChI is InChI=1S/C17H19N5O2S/c23-22(24)17-16(19-15-7-1-2-10-21(15)17)18-12-13(14-6-5-11-25-14)20-8-3-4-9-20/h1-2,5-7,10-11,13,18H,3-4,8-9,12H2. The quantitative estimate of drug-likeness (QED) is 0.539. The second-order valence-electron chi connectivity index (χ2n) is 6.13. The summed E-state index contributed by atoms with van der Waals surface area (Å²) in [4.78, 5) is 19.3. The van der Waals surface area contributed by atoms with Gasteiger partial charge >= 0.3 is 5.82 Å². The van der Waals surface area contributed by atoms with Gasteiger partial charge in [0.2, 0.25) is 11.5 Å². The number of fused-ring (bicyclic) bond motifs is 1. The average Bonchev–Trinajstić information content (AvgIpc) is 3.36. The second-order valence-corrected chi connectivity index (χ2v) is 7.10. The van der Waals surface area contributed by atoms with Crippen LogP contribution in [0.15, 0.2) is 41.9 Å². The molecule has 130 valence electrons. The van der Waals surface area contributed by atoms with Crippen molar-refractivity contribution in [3.8, 4) is 0 Å². The van der Waals surface area contributed by atoms with Crippen LogP contribution >= 0.6 is 11.3 Å². The summed E-state index contributed by atoms with van der Waals surface area (Å²) in [5.41, 5.74) is 0.575. The number of nitrogens with zero attached hydrogens (tertiary/aromatic N) is 4. The first-order valence-electron chi connectivity index (χ1n) is 8.37. The molecule has 25 heavy (non-hydrogen) atoms. The lowest BCUT2D eigenvalue weighted by molar-refractivity contribution is -0.389. The van der Waals surface area contributed by atoms with Gasteiger partial charge in [-0.3, -0.25) is 4.90 Å². The second kappa shape index (κ2) is 6.81.